The van der Waals surface area contributed by atoms with Crippen molar-refractivity contribution in [3.8, 4) is 11.5 Å². The van der Waals surface area contributed by atoms with E-state index in [2.05, 4.69) is 30.2 Å². The van der Waals surface area contributed by atoms with Crippen LogP contribution in [0.1, 0.15) is 18.1 Å². The van der Waals surface area contributed by atoms with Crippen molar-refractivity contribution in [2.75, 3.05) is 24.5 Å². The fourth-order valence-corrected chi connectivity index (χ4v) is 3.21. The molecule has 4 aromatic rings. The summed E-state index contributed by atoms with van der Waals surface area (Å²) in [7, 11) is 3.28. The molecule has 168 valence electrons. The van der Waals surface area contributed by atoms with Crippen LogP contribution in [-0.4, -0.2) is 40.3 Å². The van der Waals surface area contributed by atoms with E-state index in [0.717, 1.165) is 34.0 Å². The maximum Gasteiger partial charge on any atom is 0.250 e. The van der Waals surface area contributed by atoms with Crippen molar-refractivity contribution < 1.29 is 9.57 Å². The summed E-state index contributed by atoms with van der Waals surface area (Å²) in [6.07, 6.45) is 4.89. The van der Waals surface area contributed by atoms with Gasteiger partial charge in [0.25, 0.3) is 0 Å². The number of benzene rings is 2. The molecule has 9 nitrogen and oxygen atoms in total. The molecule has 9 heteroatoms. The minimum Gasteiger partial charge on any atom is -0.457 e. The van der Waals surface area contributed by atoms with E-state index in [9.17, 15) is 0 Å². The van der Waals surface area contributed by atoms with E-state index in [1.165, 1.54) is 11.4 Å². The number of aromatic nitrogens is 4. The lowest BCUT2D eigenvalue weighted by Gasteiger charge is -2.15. The van der Waals surface area contributed by atoms with Gasteiger partial charge < -0.3 is 10.1 Å². The summed E-state index contributed by atoms with van der Waals surface area (Å²) >= 11 is 0. The Labute approximate surface area is 192 Å². The van der Waals surface area contributed by atoms with Crippen LogP contribution in [0.3, 0.4) is 0 Å². The van der Waals surface area contributed by atoms with Gasteiger partial charge in [0, 0.05) is 25.0 Å². The largest absolute Gasteiger partial charge is 0.457 e. The Kier molecular flexibility index (Phi) is 6.41. The molecule has 0 spiro atoms. The molecule has 0 radical (unpaired) electrons. The fraction of sp³-hybridized carbons (Fsp3) is 0.208. The first-order valence-electron chi connectivity index (χ1n) is 10.4. The van der Waals surface area contributed by atoms with E-state index >= 15 is 0 Å². The lowest BCUT2D eigenvalue weighted by atomic mass is 10.2. The summed E-state index contributed by atoms with van der Waals surface area (Å²) in [6.45, 7) is 5.91. The lowest BCUT2D eigenvalue weighted by Crippen LogP contribution is -2.17. The Morgan fingerprint density at radius 1 is 1.03 bits per heavy atom. The predicted molar refractivity (Wildman–Crippen MR) is 130 cm³/mol. The molecule has 0 unspecified atom stereocenters. The molecule has 0 saturated heterocycles. The molecule has 0 atom stereocenters. The van der Waals surface area contributed by atoms with Crippen LogP contribution in [0.15, 0.2) is 53.9 Å². The molecular formula is C24H25N7O2. The number of anilines is 3. The van der Waals surface area contributed by atoms with Gasteiger partial charge in [0.2, 0.25) is 5.95 Å². The van der Waals surface area contributed by atoms with Crippen molar-refractivity contribution in [3.05, 3.63) is 60.0 Å². The van der Waals surface area contributed by atoms with Crippen LogP contribution < -0.4 is 15.1 Å². The number of hydrogen-bond acceptors (Lipinski definition) is 9. The van der Waals surface area contributed by atoms with Crippen LogP contribution in [-0.2, 0) is 4.84 Å². The van der Waals surface area contributed by atoms with Crippen molar-refractivity contribution in [1.29, 1.82) is 0 Å². The zero-order chi connectivity index (χ0) is 23.4. The zero-order valence-corrected chi connectivity index (χ0v) is 19.2. The normalized spacial score (nSPS) is 11.2. The van der Waals surface area contributed by atoms with Gasteiger partial charge in [-0.3, -0.25) is 9.83 Å². The first kappa shape index (κ1) is 22.1. The molecule has 33 heavy (non-hydrogen) atoms. The Hall–Kier alpha value is -4.11. The number of nitrogens with zero attached hydrogens (tertiary/aromatic N) is 6. The summed E-state index contributed by atoms with van der Waals surface area (Å²) in [5.74, 6) is 2.47. The average molecular weight is 444 g/mol. The van der Waals surface area contributed by atoms with Gasteiger partial charge in [-0.1, -0.05) is 6.07 Å². The summed E-state index contributed by atoms with van der Waals surface area (Å²) in [4.78, 5) is 27.0. The second kappa shape index (κ2) is 9.58. The Morgan fingerprint density at radius 2 is 1.88 bits per heavy atom. The number of ether oxygens (including phenoxy) is 1. The molecule has 0 amide bonds. The van der Waals surface area contributed by atoms with E-state index < -0.39 is 0 Å². The minimum absolute atomic E-state index is 0.410. The van der Waals surface area contributed by atoms with E-state index in [1.54, 1.807) is 26.6 Å². The van der Waals surface area contributed by atoms with Gasteiger partial charge in [0.05, 0.1) is 19.0 Å². The highest BCUT2D eigenvalue weighted by molar-refractivity contribution is 5.87. The summed E-state index contributed by atoms with van der Waals surface area (Å²) < 4.78 is 6.11. The van der Waals surface area contributed by atoms with E-state index in [4.69, 9.17) is 9.57 Å². The lowest BCUT2D eigenvalue weighted by molar-refractivity contribution is 0.180. The van der Waals surface area contributed by atoms with Gasteiger partial charge >= 0.3 is 0 Å². The van der Waals surface area contributed by atoms with E-state index in [0.29, 0.717) is 22.8 Å². The van der Waals surface area contributed by atoms with Crippen LogP contribution in [0.2, 0.25) is 0 Å². The van der Waals surface area contributed by atoms with Gasteiger partial charge in [0.1, 0.15) is 28.9 Å². The number of aryl methyl sites for hydroxylation is 2. The van der Waals surface area contributed by atoms with Crippen LogP contribution in [0.25, 0.3) is 11.0 Å². The van der Waals surface area contributed by atoms with E-state index in [1.807, 2.05) is 57.2 Å². The van der Waals surface area contributed by atoms with E-state index in [-0.39, 0.29) is 0 Å². The highest BCUT2D eigenvalue weighted by Crippen LogP contribution is 2.32. The molecule has 2 aromatic carbocycles. The third-order valence-corrected chi connectivity index (χ3v) is 5.03. The van der Waals surface area contributed by atoms with Crippen LogP contribution in [0, 0.1) is 13.8 Å². The van der Waals surface area contributed by atoms with Gasteiger partial charge in [-0.15, -0.1) is 0 Å². The standard InChI is InChI=1S/C24H25N7O2/c1-6-25-19-12-18(9-7-15(19)2)33-21-10-8-17(11-16(21)3)29-23-22-20(27-14-28-23)13-26-24(30-22)31(4)32-5/h6-14H,1-5H3,(H,27,28,29)/b25-6-. The highest BCUT2D eigenvalue weighted by atomic mass is 16.7. The Balaban J connectivity index is 1.59. The number of hydroxylamine groups is 1. The molecule has 2 heterocycles. The SMILES string of the molecule is C/C=N\c1cc(Oc2ccc(Nc3ncnc4cnc(N(C)OC)nc34)cc2C)ccc1C. The first-order chi connectivity index (χ1) is 16.0. The third kappa shape index (κ3) is 4.88. The van der Waals surface area contributed by atoms with Crippen molar-refractivity contribution in [2.24, 2.45) is 4.99 Å². The molecule has 0 aliphatic rings. The summed E-state index contributed by atoms with van der Waals surface area (Å²) in [6, 6.07) is 11.7. The fourth-order valence-electron chi connectivity index (χ4n) is 3.21. The molecule has 0 bridgehead atoms. The van der Waals surface area contributed by atoms with Crippen molar-refractivity contribution in [3.63, 3.8) is 0 Å². The second-order valence-electron chi connectivity index (χ2n) is 7.35. The van der Waals surface area contributed by atoms with Gasteiger partial charge in [-0.05, 0) is 56.2 Å². The third-order valence-electron chi connectivity index (χ3n) is 5.03. The Morgan fingerprint density at radius 3 is 2.64 bits per heavy atom. The molecule has 2 aromatic heterocycles. The Bertz CT molecular complexity index is 1320. The molecule has 0 aliphatic carbocycles. The first-order valence-corrected chi connectivity index (χ1v) is 10.4. The molecule has 4 rings (SSSR count). The minimum atomic E-state index is 0.410. The number of hydrogen-bond donors (Lipinski definition) is 1. The quantitative estimate of drug-likeness (QED) is 0.304. The van der Waals surface area contributed by atoms with Gasteiger partial charge in [-0.25, -0.2) is 25.0 Å². The predicted octanol–water partition coefficient (Wildman–Crippen LogP) is 5.29. The van der Waals surface area contributed by atoms with Crippen molar-refractivity contribution in [2.45, 2.75) is 20.8 Å². The topological polar surface area (TPSA) is 97.6 Å². The maximum atomic E-state index is 6.11. The van der Waals surface area contributed by atoms with Crippen molar-refractivity contribution >= 4 is 40.4 Å². The monoisotopic (exact) mass is 443 g/mol. The number of aliphatic imine (C=N–C) groups is 1. The number of fused-ring (bicyclic) bond motifs is 1. The van der Waals surface area contributed by atoms with Crippen molar-refractivity contribution in [1.82, 2.24) is 19.9 Å². The zero-order valence-electron chi connectivity index (χ0n) is 19.2. The summed E-state index contributed by atoms with van der Waals surface area (Å²) in [5.41, 5.74) is 5.02. The average Bonchev–Trinajstić information content (AvgIpc) is 2.82. The van der Waals surface area contributed by atoms with Crippen LogP contribution in [0.5, 0.6) is 11.5 Å². The maximum absolute atomic E-state index is 6.11. The second-order valence-corrected chi connectivity index (χ2v) is 7.35. The molecule has 0 aliphatic heterocycles. The summed E-state index contributed by atoms with van der Waals surface area (Å²) in [5, 5.41) is 4.79. The molecular weight excluding hydrogens is 418 g/mol. The number of nitrogens with one attached hydrogen (secondary N) is 1. The smallest absolute Gasteiger partial charge is 0.250 e. The molecule has 0 saturated carbocycles. The number of rotatable bonds is 7. The van der Waals surface area contributed by atoms with Crippen LogP contribution >= 0.6 is 0 Å². The van der Waals surface area contributed by atoms with Gasteiger partial charge in [-0.2, -0.15) is 0 Å². The molecule has 1 N–H and O–H groups in total. The highest BCUT2D eigenvalue weighted by Gasteiger charge is 2.12. The van der Waals surface area contributed by atoms with Crippen LogP contribution in [0.4, 0.5) is 23.1 Å². The molecule has 0 fully saturated rings. The van der Waals surface area contributed by atoms with Gasteiger partial charge in [0.15, 0.2) is 5.82 Å².